The van der Waals surface area contributed by atoms with Crippen LogP contribution in [0.5, 0.6) is 0 Å². The number of aliphatic carboxylic acids is 1. The number of hydrogen-bond donors (Lipinski definition) is 2. The van der Waals surface area contributed by atoms with Crippen LogP contribution in [0.4, 0.5) is 0 Å². The van der Waals surface area contributed by atoms with E-state index in [-0.39, 0.29) is 6.04 Å². The Morgan fingerprint density at radius 2 is 2.11 bits per heavy atom. The fourth-order valence-electron chi connectivity index (χ4n) is 2.64. The van der Waals surface area contributed by atoms with Crippen LogP contribution in [0.2, 0.25) is 0 Å². The first-order chi connectivity index (χ1) is 8.69. The molecule has 0 bridgehead atoms. The summed E-state index contributed by atoms with van der Waals surface area (Å²) in [7, 11) is -3.27. The van der Waals surface area contributed by atoms with Crippen molar-refractivity contribution in [2.45, 2.75) is 45.2 Å². The van der Waals surface area contributed by atoms with Crippen molar-refractivity contribution in [3.8, 4) is 0 Å². The van der Waals surface area contributed by atoms with Gasteiger partial charge in [0.1, 0.15) is 6.04 Å². The van der Waals surface area contributed by atoms with Crippen molar-refractivity contribution < 1.29 is 18.3 Å². The maximum atomic E-state index is 11.4. The van der Waals surface area contributed by atoms with Crippen LogP contribution in [0, 0.1) is 5.92 Å². The molecule has 2 N–H and O–H groups in total. The minimum absolute atomic E-state index is 0.227. The third-order valence-corrected chi connectivity index (χ3v) is 4.00. The molecule has 1 aliphatic heterocycles. The van der Waals surface area contributed by atoms with Gasteiger partial charge in [0.15, 0.2) is 0 Å². The monoisotopic (exact) mass is 292 g/mol. The molecule has 6 nitrogen and oxygen atoms in total. The predicted molar refractivity (Wildman–Crippen MR) is 73.5 cm³/mol. The van der Waals surface area contributed by atoms with Crippen LogP contribution in [0.1, 0.15) is 33.1 Å². The molecule has 19 heavy (non-hydrogen) atoms. The molecule has 0 saturated carbocycles. The molecule has 1 heterocycles. The number of carbonyl (C=O) groups is 1. The largest absolute Gasteiger partial charge is 0.480 e. The number of rotatable bonds is 7. The molecule has 1 aliphatic rings. The fraction of sp³-hybridized carbons (Fsp3) is 0.917. The topological polar surface area (TPSA) is 86.7 Å². The van der Waals surface area contributed by atoms with Crippen molar-refractivity contribution in [2.75, 3.05) is 19.3 Å². The fourth-order valence-corrected chi connectivity index (χ4v) is 3.42. The van der Waals surface area contributed by atoms with Gasteiger partial charge in [0.2, 0.25) is 10.0 Å². The number of carboxylic acids is 1. The zero-order chi connectivity index (χ0) is 14.6. The molecular weight excluding hydrogens is 268 g/mol. The van der Waals surface area contributed by atoms with Crippen LogP contribution in [-0.2, 0) is 14.8 Å². The SMILES string of the molecule is CC(C)C[C@@H](CN1CCC[C@H]1C(=O)O)NS(C)(=O)=O. The minimum atomic E-state index is -3.27. The van der Waals surface area contributed by atoms with Gasteiger partial charge in [-0.25, -0.2) is 13.1 Å². The molecule has 1 fully saturated rings. The molecule has 1 rings (SSSR count). The molecule has 0 spiro atoms. The van der Waals surface area contributed by atoms with Crippen LogP contribution in [0.25, 0.3) is 0 Å². The van der Waals surface area contributed by atoms with Crippen molar-refractivity contribution in [1.82, 2.24) is 9.62 Å². The Balaban J connectivity index is 2.68. The van der Waals surface area contributed by atoms with Gasteiger partial charge in [-0.1, -0.05) is 13.8 Å². The summed E-state index contributed by atoms with van der Waals surface area (Å²) < 4.78 is 25.3. The van der Waals surface area contributed by atoms with Crippen molar-refractivity contribution in [3.63, 3.8) is 0 Å². The van der Waals surface area contributed by atoms with E-state index in [0.29, 0.717) is 25.3 Å². The molecule has 0 aromatic heterocycles. The van der Waals surface area contributed by atoms with Crippen LogP contribution in [0.3, 0.4) is 0 Å². The Labute approximate surface area is 115 Å². The lowest BCUT2D eigenvalue weighted by Crippen LogP contribution is -2.47. The first-order valence-corrected chi connectivity index (χ1v) is 8.52. The Hall–Kier alpha value is -0.660. The first-order valence-electron chi connectivity index (χ1n) is 6.63. The summed E-state index contributed by atoms with van der Waals surface area (Å²) in [5.74, 6) is -0.467. The second-order valence-electron chi connectivity index (χ2n) is 5.71. The number of hydrogen-bond acceptors (Lipinski definition) is 4. The van der Waals surface area contributed by atoms with Gasteiger partial charge in [0.25, 0.3) is 0 Å². The molecule has 112 valence electrons. The highest BCUT2D eigenvalue weighted by Gasteiger charge is 2.32. The third-order valence-electron chi connectivity index (χ3n) is 3.24. The van der Waals surface area contributed by atoms with Crippen LogP contribution in [0.15, 0.2) is 0 Å². The summed E-state index contributed by atoms with van der Waals surface area (Å²) in [6, 6.07) is -0.703. The maximum Gasteiger partial charge on any atom is 0.320 e. The predicted octanol–water partition coefficient (Wildman–Crippen LogP) is 0.499. The van der Waals surface area contributed by atoms with Crippen molar-refractivity contribution in [1.29, 1.82) is 0 Å². The van der Waals surface area contributed by atoms with E-state index in [1.165, 1.54) is 0 Å². The van der Waals surface area contributed by atoms with Gasteiger partial charge in [-0.3, -0.25) is 9.69 Å². The number of likely N-dealkylation sites (tertiary alicyclic amines) is 1. The van der Waals surface area contributed by atoms with E-state index in [4.69, 9.17) is 5.11 Å². The molecular formula is C12H24N2O4S. The van der Waals surface area contributed by atoms with Gasteiger partial charge in [-0.05, 0) is 31.7 Å². The Bertz CT molecular complexity index is 408. The van der Waals surface area contributed by atoms with Gasteiger partial charge in [0, 0.05) is 12.6 Å². The Kier molecular flexibility index (Phi) is 5.76. The summed E-state index contributed by atoms with van der Waals surface area (Å²) in [5.41, 5.74) is 0. The Morgan fingerprint density at radius 1 is 1.47 bits per heavy atom. The Morgan fingerprint density at radius 3 is 2.58 bits per heavy atom. The highest BCUT2D eigenvalue weighted by Crippen LogP contribution is 2.19. The second kappa shape index (κ2) is 6.67. The van der Waals surface area contributed by atoms with E-state index in [1.807, 2.05) is 18.7 Å². The first kappa shape index (κ1) is 16.4. The van der Waals surface area contributed by atoms with E-state index in [2.05, 4.69) is 4.72 Å². The van der Waals surface area contributed by atoms with Crippen LogP contribution in [-0.4, -0.2) is 55.8 Å². The van der Waals surface area contributed by atoms with Gasteiger partial charge >= 0.3 is 5.97 Å². The van der Waals surface area contributed by atoms with Gasteiger partial charge in [-0.15, -0.1) is 0 Å². The van der Waals surface area contributed by atoms with Crippen molar-refractivity contribution in [2.24, 2.45) is 5.92 Å². The molecule has 1 saturated heterocycles. The van der Waals surface area contributed by atoms with E-state index >= 15 is 0 Å². The minimum Gasteiger partial charge on any atom is -0.480 e. The molecule has 0 unspecified atom stereocenters. The average Bonchev–Trinajstić information content (AvgIpc) is 2.61. The third kappa shape index (κ3) is 5.88. The molecule has 0 radical (unpaired) electrons. The molecule has 0 amide bonds. The van der Waals surface area contributed by atoms with E-state index in [0.717, 1.165) is 19.2 Å². The van der Waals surface area contributed by atoms with Crippen molar-refractivity contribution >= 4 is 16.0 Å². The average molecular weight is 292 g/mol. The number of nitrogens with zero attached hydrogens (tertiary/aromatic N) is 1. The lowest BCUT2D eigenvalue weighted by Gasteiger charge is -2.28. The van der Waals surface area contributed by atoms with Crippen LogP contribution >= 0.6 is 0 Å². The maximum absolute atomic E-state index is 11.4. The molecule has 0 aliphatic carbocycles. The quantitative estimate of drug-likeness (QED) is 0.713. The smallest absolute Gasteiger partial charge is 0.320 e. The number of sulfonamides is 1. The van der Waals surface area contributed by atoms with E-state index in [1.54, 1.807) is 0 Å². The number of nitrogens with one attached hydrogen (secondary N) is 1. The molecule has 0 aromatic carbocycles. The standard InChI is InChI=1S/C12H24N2O4S/c1-9(2)7-10(13-19(3,17)18)8-14-6-4-5-11(14)12(15)16/h9-11,13H,4-8H2,1-3H3,(H,15,16)/t10-,11-/m0/s1. The summed E-state index contributed by atoms with van der Waals surface area (Å²) in [6.45, 7) is 5.23. The highest BCUT2D eigenvalue weighted by molar-refractivity contribution is 7.88. The number of carboxylic acid groups (broad SMARTS) is 1. The van der Waals surface area contributed by atoms with Crippen molar-refractivity contribution in [3.05, 3.63) is 0 Å². The summed E-state index contributed by atoms with van der Waals surface area (Å²) in [6.07, 6.45) is 3.34. The summed E-state index contributed by atoms with van der Waals surface area (Å²) in [4.78, 5) is 13.0. The highest BCUT2D eigenvalue weighted by atomic mass is 32.2. The van der Waals surface area contributed by atoms with Crippen LogP contribution < -0.4 is 4.72 Å². The van der Waals surface area contributed by atoms with Gasteiger partial charge < -0.3 is 5.11 Å². The van der Waals surface area contributed by atoms with E-state index in [9.17, 15) is 13.2 Å². The zero-order valence-electron chi connectivity index (χ0n) is 11.8. The lowest BCUT2D eigenvalue weighted by molar-refractivity contribution is -0.142. The zero-order valence-corrected chi connectivity index (χ0v) is 12.6. The molecule has 0 aromatic rings. The van der Waals surface area contributed by atoms with Gasteiger partial charge in [0.05, 0.1) is 6.26 Å². The van der Waals surface area contributed by atoms with E-state index < -0.39 is 22.0 Å². The summed E-state index contributed by atoms with van der Waals surface area (Å²) in [5, 5.41) is 9.13. The summed E-state index contributed by atoms with van der Waals surface area (Å²) >= 11 is 0. The normalized spacial score (nSPS) is 22.8. The lowest BCUT2D eigenvalue weighted by atomic mass is 10.0. The van der Waals surface area contributed by atoms with Gasteiger partial charge in [-0.2, -0.15) is 0 Å². The molecule has 7 heteroatoms. The second-order valence-corrected chi connectivity index (χ2v) is 7.49. The molecule has 2 atom stereocenters.